The van der Waals surface area contributed by atoms with Gasteiger partial charge in [-0.3, -0.25) is 0 Å². The highest BCUT2D eigenvalue weighted by atomic mass is 80.0. The van der Waals surface area contributed by atoms with E-state index in [4.69, 9.17) is 16.3 Å². The molecule has 0 rings (SSSR count). The fraction of sp³-hybridized carbons (Fsp3) is 0.500. The van der Waals surface area contributed by atoms with E-state index in [1.54, 1.807) is 6.92 Å². The zero-order valence-corrected chi connectivity index (χ0v) is 11.6. The zero-order valence-electron chi connectivity index (χ0n) is 6.11. The summed E-state index contributed by atoms with van der Waals surface area (Å²) < 4.78 is 3.96. The third-order valence-corrected chi connectivity index (χ3v) is 3.27. The van der Waals surface area contributed by atoms with Crippen LogP contribution in [-0.2, 0) is 9.53 Å². The molecule has 0 aliphatic rings. The summed E-state index contributed by atoms with van der Waals surface area (Å²) in [6.07, 6.45) is 0. The Labute approximate surface area is 101 Å². The van der Waals surface area contributed by atoms with E-state index >= 15 is 0 Å². The smallest absolute Gasteiger partial charge is 0.334 e. The van der Waals surface area contributed by atoms with Crippen molar-refractivity contribution in [3.63, 3.8) is 0 Å². The maximum absolute atomic E-state index is 10.9. The Hall–Kier alpha value is 0.940. The minimum Gasteiger partial charge on any atom is -0.439 e. The molecule has 0 spiro atoms. The zero-order chi connectivity index (χ0) is 9.94. The van der Waals surface area contributed by atoms with Crippen LogP contribution in [0.2, 0.25) is 0 Å². The standard InChI is InChI=1S/C6H6Br3ClO2/c1-3(2)4(11)12-5(10)6(7,8)9/h5H,1H2,2H3. The molecule has 0 aromatic carbocycles. The van der Waals surface area contributed by atoms with Gasteiger partial charge in [-0.2, -0.15) is 0 Å². The first-order valence-electron chi connectivity index (χ1n) is 2.82. The summed E-state index contributed by atoms with van der Waals surface area (Å²) in [6.45, 7) is 4.96. The Kier molecular flexibility index (Phi) is 5.37. The second kappa shape index (κ2) is 4.98. The summed E-state index contributed by atoms with van der Waals surface area (Å²) in [4.78, 5) is 10.9. The number of alkyl halides is 4. The third kappa shape index (κ3) is 4.84. The summed E-state index contributed by atoms with van der Waals surface area (Å²) in [5, 5.41) is 0. The van der Waals surface area contributed by atoms with Crippen LogP contribution in [0.5, 0.6) is 0 Å². The first kappa shape index (κ1) is 12.9. The van der Waals surface area contributed by atoms with Crippen LogP contribution in [0.4, 0.5) is 0 Å². The monoisotopic (exact) mass is 382 g/mol. The van der Waals surface area contributed by atoms with Gasteiger partial charge in [-0.25, -0.2) is 4.79 Å². The van der Waals surface area contributed by atoms with E-state index in [0.717, 1.165) is 0 Å². The van der Waals surface area contributed by atoms with Crippen molar-refractivity contribution >= 4 is 65.4 Å². The number of esters is 1. The van der Waals surface area contributed by atoms with Gasteiger partial charge in [0, 0.05) is 5.57 Å². The molecule has 1 unspecified atom stereocenters. The molecule has 2 nitrogen and oxygen atoms in total. The van der Waals surface area contributed by atoms with Gasteiger partial charge in [0.1, 0.15) is 0 Å². The molecule has 0 N–H and O–H groups in total. The van der Waals surface area contributed by atoms with Crippen LogP contribution in [-0.4, -0.2) is 13.7 Å². The predicted octanol–water partition coefficient (Wildman–Crippen LogP) is 3.51. The van der Waals surface area contributed by atoms with Gasteiger partial charge in [0.2, 0.25) is 5.56 Å². The Bertz CT molecular complexity index is 199. The molecule has 70 valence electrons. The van der Waals surface area contributed by atoms with E-state index in [0.29, 0.717) is 5.57 Å². The quantitative estimate of drug-likeness (QED) is 0.413. The van der Waals surface area contributed by atoms with Gasteiger partial charge in [-0.1, -0.05) is 66.0 Å². The van der Waals surface area contributed by atoms with E-state index in [9.17, 15) is 4.79 Å². The first-order valence-corrected chi connectivity index (χ1v) is 5.64. The molecule has 12 heavy (non-hydrogen) atoms. The third-order valence-electron chi connectivity index (χ3n) is 0.816. The van der Waals surface area contributed by atoms with Crippen molar-refractivity contribution in [1.29, 1.82) is 0 Å². The minimum atomic E-state index is -0.860. The molecule has 0 saturated carbocycles. The van der Waals surface area contributed by atoms with Gasteiger partial charge in [0.15, 0.2) is 2.14 Å². The lowest BCUT2D eigenvalue weighted by molar-refractivity contribution is -0.140. The largest absolute Gasteiger partial charge is 0.439 e. The highest BCUT2D eigenvalue weighted by Gasteiger charge is 2.32. The molecule has 6 heteroatoms. The number of hydrogen-bond acceptors (Lipinski definition) is 2. The molecule has 0 aliphatic carbocycles. The van der Waals surface area contributed by atoms with Crippen LogP contribution in [0.25, 0.3) is 0 Å². The van der Waals surface area contributed by atoms with Gasteiger partial charge < -0.3 is 4.74 Å². The molecule has 0 amide bonds. The topological polar surface area (TPSA) is 26.3 Å². The van der Waals surface area contributed by atoms with Gasteiger partial charge in [0.25, 0.3) is 0 Å². The van der Waals surface area contributed by atoms with Crippen molar-refractivity contribution < 1.29 is 9.53 Å². The number of hydrogen-bond donors (Lipinski definition) is 0. The van der Waals surface area contributed by atoms with Crippen LogP contribution in [0.15, 0.2) is 12.2 Å². The van der Waals surface area contributed by atoms with Crippen LogP contribution in [0.1, 0.15) is 6.92 Å². The van der Waals surface area contributed by atoms with Crippen LogP contribution in [0, 0.1) is 0 Å². The highest BCUT2D eigenvalue weighted by molar-refractivity contribution is 9.39. The maximum atomic E-state index is 10.9. The van der Waals surface area contributed by atoms with Crippen molar-refractivity contribution in [2.24, 2.45) is 0 Å². The summed E-state index contributed by atoms with van der Waals surface area (Å²) in [5.41, 5.74) is -0.556. The Morgan fingerprint density at radius 1 is 1.58 bits per heavy atom. The lowest BCUT2D eigenvalue weighted by Crippen LogP contribution is -2.24. The van der Waals surface area contributed by atoms with E-state index in [1.165, 1.54) is 0 Å². The average Bonchev–Trinajstić information content (AvgIpc) is 1.85. The molecule has 0 fully saturated rings. The van der Waals surface area contributed by atoms with E-state index in [-0.39, 0.29) is 0 Å². The molecule has 0 bridgehead atoms. The van der Waals surface area contributed by atoms with E-state index in [2.05, 4.69) is 54.4 Å². The van der Waals surface area contributed by atoms with Gasteiger partial charge >= 0.3 is 5.97 Å². The fourth-order valence-electron chi connectivity index (χ4n) is 0.261. The Morgan fingerprint density at radius 2 is 2.00 bits per heavy atom. The average molecular weight is 385 g/mol. The lowest BCUT2D eigenvalue weighted by atomic mass is 10.4. The highest BCUT2D eigenvalue weighted by Crippen LogP contribution is 2.40. The molecule has 0 radical (unpaired) electrons. The van der Waals surface area contributed by atoms with E-state index < -0.39 is 13.7 Å². The molecule has 0 aromatic rings. The number of halogens is 4. The summed E-state index contributed by atoms with van der Waals surface area (Å²) >= 11 is 15.0. The Balaban J connectivity index is 4.11. The second-order valence-electron chi connectivity index (χ2n) is 2.04. The maximum Gasteiger partial charge on any atom is 0.334 e. The van der Waals surface area contributed by atoms with Crippen molar-refractivity contribution in [3.05, 3.63) is 12.2 Å². The molecular weight excluding hydrogens is 379 g/mol. The van der Waals surface area contributed by atoms with Crippen molar-refractivity contribution in [1.82, 2.24) is 0 Å². The SMILES string of the molecule is C=C(C)C(=O)OC(Cl)C(Br)(Br)Br. The van der Waals surface area contributed by atoms with Crippen LogP contribution < -0.4 is 0 Å². The minimum absolute atomic E-state index is 0.303. The van der Waals surface area contributed by atoms with Crippen molar-refractivity contribution in [2.45, 2.75) is 14.6 Å². The van der Waals surface area contributed by atoms with Gasteiger partial charge in [-0.05, 0) is 6.92 Å². The molecule has 0 aliphatic heterocycles. The number of rotatable bonds is 2. The normalized spacial score (nSPS) is 13.8. The molecular formula is C6H6Br3ClO2. The van der Waals surface area contributed by atoms with E-state index in [1.807, 2.05) is 0 Å². The molecule has 0 heterocycles. The second-order valence-corrected chi connectivity index (χ2v) is 9.38. The predicted molar refractivity (Wildman–Crippen MR) is 60.1 cm³/mol. The van der Waals surface area contributed by atoms with Gasteiger partial charge in [-0.15, -0.1) is 0 Å². The lowest BCUT2D eigenvalue weighted by Gasteiger charge is -2.19. The number of carbonyl (C=O) groups excluding carboxylic acids is 1. The van der Waals surface area contributed by atoms with Gasteiger partial charge in [0.05, 0.1) is 0 Å². The first-order chi connectivity index (χ1) is 5.25. The fourth-order valence-corrected chi connectivity index (χ4v) is 0.623. The molecule has 0 aromatic heterocycles. The summed E-state index contributed by atoms with van der Waals surface area (Å²) in [6, 6.07) is 0. The summed E-state index contributed by atoms with van der Waals surface area (Å²) in [5.74, 6) is -0.530. The molecule has 0 saturated heterocycles. The number of ether oxygens (including phenoxy) is 1. The van der Waals surface area contributed by atoms with Crippen LogP contribution in [0.3, 0.4) is 0 Å². The van der Waals surface area contributed by atoms with Crippen molar-refractivity contribution in [2.75, 3.05) is 0 Å². The Morgan fingerprint density at radius 3 is 2.25 bits per heavy atom. The number of carbonyl (C=O) groups is 1. The van der Waals surface area contributed by atoms with Crippen LogP contribution >= 0.6 is 59.4 Å². The molecule has 1 atom stereocenters. The summed E-state index contributed by atoms with van der Waals surface area (Å²) in [7, 11) is 0. The van der Waals surface area contributed by atoms with Crippen molar-refractivity contribution in [3.8, 4) is 0 Å².